The van der Waals surface area contributed by atoms with Gasteiger partial charge in [-0.25, -0.2) is 0 Å². The molecular formula is C25H30N4O2S. The number of anilines is 1. The average molecular weight is 451 g/mol. The summed E-state index contributed by atoms with van der Waals surface area (Å²) in [5.74, 6) is 0.796. The number of rotatable bonds is 8. The number of aromatic amines is 1. The Balaban J connectivity index is 1.56. The van der Waals surface area contributed by atoms with E-state index in [1.165, 1.54) is 12.8 Å². The van der Waals surface area contributed by atoms with E-state index in [4.69, 9.17) is 17.0 Å². The molecule has 4 rings (SSSR count). The van der Waals surface area contributed by atoms with Crippen LogP contribution < -0.4 is 15.6 Å². The minimum absolute atomic E-state index is 0.0876. The Hall–Kier alpha value is -2.90. The van der Waals surface area contributed by atoms with Crippen molar-refractivity contribution in [3.63, 3.8) is 0 Å². The summed E-state index contributed by atoms with van der Waals surface area (Å²) in [6, 6.07) is 17.6. The van der Waals surface area contributed by atoms with Crippen LogP contribution in [-0.2, 0) is 6.54 Å². The van der Waals surface area contributed by atoms with Gasteiger partial charge in [0.25, 0.3) is 5.56 Å². The molecule has 0 aliphatic carbocycles. The van der Waals surface area contributed by atoms with Crippen molar-refractivity contribution in [1.82, 2.24) is 14.8 Å². The van der Waals surface area contributed by atoms with Crippen LogP contribution in [0.1, 0.15) is 25.3 Å². The minimum atomic E-state index is -0.0876. The summed E-state index contributed by atoms with van der Waals surface area (Å²) in [5.41, 5.74) is 2.34. The zero-order valence-corrected chi connectivity index (χ0v) is 19.3. The Labute approximate surface area is 194 Å². The van der Waals surface area contributed by atoms with Crippen LogP contribution in [0.4, 0.5) is 5.69 Å². The number of thiocarbonyl (C=S) groups is 1. The van der Waals surface area contributed by atoms with Gasteiger partial charge >= 0.3 is 0 Å². The molecule has 1 aromatic heterocycles. The second-order valence-electron chi connectivity index (χ2n) is 8.07. The van der Waals surface area contributed by atoms with Crippen molar-refractivity contribution in [3.8, 4) is 5.75 Å². The highest BCUT2D eigenvalue weighted by atomic mass is 32.1. The van der Waals surface area contributed by atoms with Crippen molar-refractivity contribution in [3.05, 3.63) is 70.5 Å². The summed E-state index contributed by atoms with van der Waals surface area (Å²) in [6.45, 7) is 6.95. The van der Waals surface area contributed by atoms with Gasteiger partial charge in [0.15, 0.2) is 5.11 Å². The fourth-order valence-corrected chi connectivity index (χ4v) is 4.33. The minimum Gasteiger partial charge on any atom is -0.494 e. The number of fused-ring (bicyclic) bond motifs is 1. The van der Waals surface area contributed by atoms with Gasteiger partial charge < -0.3 is 24.8 Å². The molecule has 0 spiro atoms. The number of aromatic nitrogens is 1. The van der Waals surface area contributed by atoms with E-state index in [9.17, 15) is 4.79 Å². The van der Waals surface area contributed by atoms with Crippen LogP contribution in [0.15, 0.2) is 59.4 Å². The number of ether oxygens (including phenoxy) is 1. The number of pyridine rings is 1. The SMILES string of the molecule is CCOc1ccc2[nH]c(=O)c(CN(CCN3CCCC3)C(=S)Nc3ccccc3)cc2c1. The van der Waals surface area contributed by atoms with E-state index in [1.54, 1.807) is 0 Å². The van der Waals surface area contributed by atoms with E-state index in [0.717, 1.165) is 48.5 Å². The predicted molar refractivity (Wildman–Crippen MR) is 134 cm³/mol. The first kappa shape index (κ1) is 22.3. The van der Waals surface area contributed by atoms with Gasteiger partial charge in [0.05, 0.1) is 13.2 Å². The van der Waals surface area contributed by atoms with E-state index in [1.807, 2.05) is 61.5 Å². The summed E-state index contributed by atoms with van der Waals surface area (Å²) in [5, 5.41) is 4.90. The Bertz CT molecular complexity index is 1110. The molecule has 1 fully saturated rings. The molecule has 0 amide bonds. The third-order valence-electron chi connectivity index (χ3n) is 5.76. The second-order valence-corrected chi connectivity index (χ2v) is 8.46. The van der Waals surface area contributed by atoms with Crippen LogP contribution in [0.5, 0.6) is 5.75 Å². The normalized spacial score (nSPS) is 13.9. The standard InChI is InChI=1S/C25H30N4O2S/c1-2-31-22-10-11-23-19(17-22)16-20(24(30)27-23)18-29(15-14-28-12-6-7-13-28)25(32)26-21-8-4-3-5-9-21/h3-5,8-11,16-17H,2,6-7,12-15,18H2,1H3,(H,26,32)(H,27,30). The van der Waals surface area contributed by atoms with E-state index >= 15 is 0 Å². The number of hydrogen-bond donors (Lipinski definition) is 2. The van der Waals surface area contributed by atoms with Gasteiger partial charge in [-0.3, -0.25) is 4.79 Å². The maximum Gasteiger partial charge on any atom is 0.253 e. The second kappa shape index (κ2) is 10.6. The molecule has 168 valence electrons. The lowest BCUT2D eigenvalue weighted by molar-refractivity contribution is 0.289. The number of likely N-dealkylation sites (tertiary alicyclic amines) is 1. The molecular weight excluding hydrogens is 420 g/mol. The lowest BCUT2D eigenvalue weighted by Crippen LogP contribution is -2.40. The molecule has 7 heteroatoms. The van der Waals surface area contributed by atoms with Gasteiger partial charge in [0.2, 0.25) is 0 Å². The lowest BCUT2D eigenvalue weighted by Gasteiger charge is -2.28. The molecule has 2 N–H and O–H groups in total. The van der Waals surface area contributed by atoms with Crippen LogP contribution in [-0.4, -0.2) is 52.7 Å². The summed E-state index contributed by atoms with van der Waals surface area (Å²) >= 11 is 5.76. The molecule has 0 atom stereocenters. The fourth-order valence-electron chi connectivity index (χ4n) is 4.05. The third kappa shape index (κ3) is 5.66. The number of nitrogens with zero attached hydrogens (tertiary/aromatic N) is 2. The predicted octanol–water partition coefficient (Wildman–Crippen LogP) is 4.22. The molecule has 3 aromatic rings. The quantitative estimate of drug-likeness (QED) is 0.501. The van der Waals surface area contributed by atoms with Crippen molar-refractivity contribution < 1.29 is 4.74 Å². The van der Waals surface area contributed by atoms with E-state index in [-0.39, 0.29) is 5.56 Å². The molecule has 32 heavy (non-hydrogen) atoms. The smallest absolute Gasteiger partial charge is 0.253 e. The summed E-state index contributed by atoms with van der Waals surface area (Å²) in [4.78, 5) is 20.4. The molecule has 6 nitrogen and oxygen atoms in total. The maximum absolute atomic E-state index is 12.8. The van der Waals surface area contributed by atoms with Crippen LogP contribution in [0.3, 0.4) is 0 Å². The summed E-state index contributed by atoms with van der Waals surface area (Å²) in [7, 11) is 0. The molecule has 1 aliphatic rings. The zero-order chi connectivity index (χ0) is 22.3. The maximum atomic E-state index is 12.8. The van der Waals surface area contributed by atoms with Crippen molar-refractivity contribution in [2.75, 3.05) is 38.1 Å². The van der Waals surface area contributed by atoms with Gasteiger partial charge in [-0.1, -0.05) is 18.2 Å². The Kier molecular flexibility index (Phi) is 7.39. The average Bonchev–Trinajstić information content (AvgIpc) is 3.31. The number of H-pyrrole nitrogens is 1. The fraction of sp³-hybridized carbons (Fsp3) is 0.360. The molecule has 0 bridgehead atoms. The zero-order valence-electron chi connectivity index (χ0n) is 18.5. The topological polar surface area (TPSA) is 60.6 Å². The number of hydrogen-bond acceptors (Lipinski definition) is 4. The Morgan fingerprint density at radius 3 is 2.69 bits per heavy atom. The van der Waals surface area contributed by atoms with Crippen molar-refractivity contribution >= 4 is 33.9 Å². The molecule has 1 aliphatic heterocycles. The number of para-hydroxylation sites is 1. The number of benzene rings is 2. The van der Waals surface area contributed by atoms with Gasteiger partial charge in [0, 0.05) is 35.2 Å². The van der Waals surface area contributed by atoms with Gasteiger partial charge in [-0.05, 0) is 81.5 Å². The van der Waals surface area contributed by atoms with E-state index in [2.05, 4.69) is 20.1 Å². The van der Waals surface area contributed by atoms with Crippen LogP contribution in [0, 0.1) is 0 Å². The third-order valence-corrected chi connectivity index (χ3v) is 6.12. The highest BCUT2D eigenvalue weighted by Gasteiger charge is 2.17. The van der Waals surface area contributed by atoms with Crippen molar-refractivity contribution in [1.29, 1.82) is 0 Å². The highest BCUT2D eigenvalue weighted by Crippen LogP contribution is 2.20. The first-order valence-corrected chi connectivity index (χ1v) is 11.7. The van der Waals surface area contributed by atoms with E-state index in [0.29, 0.717) is 23.8 Å². The van der Waals surface area contributed by atoms with Crippen molar-refractivity contribution in [2.24, 2.45) is 0 Å². The molecule has 2 heterocycles. The van der Waals surface area contributed by atoms with Crippen molar-refractivity contribution in [2.45, 2.75) is 26.3 Å². The first-order valence-electron chi connectivity index (χ1n) is 11.2. The largest absolute Gasteiger partial charge is 0.494 e. The van der Waals surface area contributed by atoms with Crippen LogP contribution in [0.2, 0.25) is 0 Å². The molecule has 2 aromatic carbocycles. The molecule has 1 saturated heterocycles. The molecule has 0 unspecified atom stereocenters. The van der Waals surface area contributed by atoms with Gasteiger partial charge in [0.1, 0.15) is 5.75 Å². The van der Waals surface area contributed by atoms with Gasteiger partial charge in [-0.2, -0.15) is 0 Å². The lowest BCUT2D eigenvalue weighted by atomic mass is 10.1. The summed E-state index contributed by atoms with van der Waals surface area (Å²) < 4.78 is 5.63. The first-order chi connectivity index (χ1) is 15.6. The Morgan fingerprint density at radius 2 is 1.94 bits per heavy atom. The van der Waals surface area contributed by atoms with E-state index < -0.39 is 0 Å². The van der Waals surface area contributed by atoms with Crippen LogP contribution >= 0.6 is 12.2 Å². The molecule has 0 saturated carbocycles. The van der Waals surface area contributed by atoms with Gasteiger partial charge in [-0.15, -0.1) is 0 Å². The Morgan fingerprint density at radius 1 is 1.16 bits per heavy atom. The van der Waals surface area contributed by atoms with Crippen LogP contribution in [0.25, 0.3) is 10.9 Å². The highest BCUT2D eigenvalue weighted by molar-refractivity contribution is 7.80. The molecule has 0 radical (unpaired) electrons. The monoisotopic (exact) mass is 450 g/mol. The number of nitrogens with one attached hydrogen (secondary N) is 2. The summed E-state index contributed by atoms with van der Waals surface area (Å²) in [6.07, 6.45) is 2.50.